The highest BCUT2D eigenvalue weighted by molar-refractivity contribution is 8.00. The number of amides is 2. The van der Waals surface area contributed by atoms with Crippen molar-refractivity contribution in [1.82, 2.24) is 4.98 Å². The minimum atomic E-state index is -4.60. The number of aryl methyl sites for hydroxylation is 1. The number of halogens is 3. The van der Waals surface area contributed by atoms with Gasteiger partial charge in [0, 0.05) is 10.8 Å². The van der Waals surface area contributed by atoms with Crippen LogP contribution >= 0.6 is 23.1 Å². The molecule has 2 aliphatic heterocycles. The Morgan fingerprint density at radius 3 is 2.47 bits per heavy atom. The second-order valence-electron chi connectivity index (χ2n) is 7.67. The van der Waals surface area contributed by atoms with E-state index in [2.05, 4.69) is 4.98 Å². The minimum Gasteiger partial charge on any atom is -0.307 e. The Morgan fingerprint density at radius 2 is 1.75 bits per heavy atom. The molecule has 0 saturated carbocycles. The summed E-state index contributed by atoms with van der Waals surface area (Å²) in [6.45, 7) is 1.88. The molecular weight excluding hydrogens is 461 g/mol. The van der Waals surface area contributed by atoms with E-state index in [-0.39, 0.29) is 10.6 Å². The first-order valence-electron chi connectivity index (χ1n) is 9.67. The molecule has 0 aliphatic carbocycles. The maximum atomic E-state index is 13.6. The van der Waals surface area contributed by atoms with Gasteiger partial charge in [0.1, 0.15) is 5.25 Å². The molecule has 3 atom stereocenters. The van der Waals surface area contributed by atoms with Gasteiger partial charge in [-0.15, -0.1) is 0 Å². The van der Waals surface area contributed by atoms with Crippen LogP contribution in [-0.4, -0.2) is 22.0 Å². The lowest BCUT2D eigenvalue weighted by Crippen LogP contribution is -2.32. The predicted molar refractivity (Wildman–Crippen MR) is 115 cm³/mol. The zero-order chi connectivity index (χ0) is 22.8. The number of hydrogen-bond acceptors (Lipinski definition) is 5. The lowest BCUT2D eigenvalue weighted by Gasteiger charge is -2.30. The molecule has 5 rings (SSSR count). The molecule has 32 heavy (non-hydrogen) atoms. The Balaban J connectivity index is 1.64. The van der Waals surface area contributed by atoms with Crippen LogP contribution in [0.3, 0.4) is 0 Å². The highest BCUT2D eigenvalue weighted by Gasteiger charge is 2.56. The molecule has 3 aromatic rings. The number of hydrogen-bond donors (Lipinski definition) is 1. The summed E-state index contributed by atoms with van der Waals surface area (Å²) < 4.78 is 39.7. The quantitative estimate of drug-likeness (QED) is 0.551. The Hall–Kier alpha value is -2.85. The third-order valence-corrected chi connectivity index (χ3v) is 8.18. The molecular formula is C22H15F3N2O3S2. The Kier molecular flexibility index (Phi) is 4.82. The molecule has 2 unspecified atom stereocenters. The van der Waals surface area contributed by atoms with Gasteiger partial charge >= 0.3 is 11.0 Å². The van der Waals surface area contributed by atoms with E-state index in [0.29, 0.717) is 9.90 Å². The maximum absolute atomic E-state index is 13.6. The van der Waals surface area contributed by atoms with Crippen molar-refractivity contribution in [3.63, 3.8) is 0 Å². The Bertz CT molecular complexity index is 1310. The highest BCUT2D eigenvalue weighted by atomic mass is 32.2. The van der Waals surface area contributed by atoms with Crippen LogP contribution in [0.25, 0.3) is 0 Å². The molecule has 3 heterocycles. The van der Waals surface area contributed by atoms with Gasteiger partial charge < -0.3 is 4.98 Å². The van der Waals surface area contributed by atoms with Crippen LogP contribution in [0, 0.1) is 12.8 Å². The topological polar surface area (TPSA) is 70.2 Å². The van der Waals surface area contributed by atoms with Crippen molar-refractivity contribution in [3.05, 3.63) is 79.8 Å². The average molecular weight is 477 g/mol. The average Bonchev–Trinajstić information content (AvgIpc) is 3.23. The summed E-state index contributed by atoms with van der Waals surface area (Å²) in [6, 6.07) is 11.6. The second kappa shape index (κ2) is 7.35. The van der Waals surface area contributed by atoms with Crippen LogP contribution in [0.4, 0.5) is 18.9 Å². The molecule has 1 N–H and O–H groups in total. The fraction of sp³-hybridized carbons (Fsp3) is 0.227. The molecule has 2 aliphatic rings. The standard InChI is InChI=1S/C22H15F3N2O3S2/c1-10-5-2-3-8-13(10)14-15-17(31-18-16(14)32-21(30)26-18)20(29)27(19(15)28)12-7-4-6-11(9-12)22(23,24)25/h2-9,14-15,17H,1H3,(H,26,30)/t14-,15?,17?/m1/s1. The van der Waals surface area contributed by atoms with E-state index in [1.807, 2.05) is 31.2 Å². The molecule has 0 bridgehead atoms. The van der Waals surface area contributed by atoms with Crippen molar-refractivity contribution in [1.29, 1.82) is 0 Å². The highest BCUT2D eigenvalue weighted by Crippen LogP contribution is 2.53. The lowest BCUT2D eigenvalue weighted by molar-refractivity contribution is -0.137. The molecule has 1 aromatic heterocycles. The number of fused-ring (bicyclic) bond motifs is 2. The van der Waals surface area contributed by atoms with Gasteiger partial charge in [-0.25, -0.2) is 4.90 Å². The number of nitrogens with one attached hydrogen (secondary N) is 1. The number of carbonyl (C=O) groups is 2. The van der Waals surface area contributed by atoms with Crippen molar-refractivity contribution < 1.29 is 22.8 Å². The van der Waals surface area contributed by atoms with E-state index in [0.717, 1.165) is 51.3 Å². The van der Waals surface area contributed by atoms with E-state index in [1.165, 1.54) is 12.1 Å². The zero-order valence-corrected chi connectivity index (χ0v) is 18.1. The number of anilines is 1. The van der Waals surface area contributed by atoms with Gasteiger partial charge in [-0.3, -0.25) is 14.4 Å². The van der Waals surface area contributed by atoms with Crippen molar-refractivity contribution in [3.8, 4) is 0 Å². The van der Waals surface area contributed by atoms with Gasteiger partial charge in [0.05, 0.1) is 22.2 Å². The Labute approximate surface area is 188 Å². The number of nitrogens with zero attached hydrogens (tertiary/aromatic N) is 1. The number of alkyl halides is 3. The largest absolute Gasteiger partial charge is 0.416 e. The maximum Gasteiger partial charge on any atom is 0.416 e. The van der Waals surface area contributed by atoms with Gasteiger partial charge in [-0.1, -0.05) is 53.4 Å². The first-order valence-corrected chi connectivity index (χ1v) is 11.4. The van der Waals surface area contributed by atoms with Crippen LogP contribution in [0.5, 0.6) is 0 Å². The van der Waals surface area contributed by atoms with Crippen molar-refractivity contribution in [2.75, 3.05) is 4.90 Å². The summed E-state index contributed by atoms with van der Waals surface area (Å²) in [5.41, 5.74) is 0.668. The van der Waals surface area contributed by atoms with E-state index in [1.54, 1.807) is 0 Å². The number of aromatic nitrogens is 1. The SMILES string of the molecule is Cc1ccccc1[C@H]1c2sc(=O)[nH]c2SC2C(=O)N(c3cccc(C(F)(F)F)c3)C(=O)C21. The van der Waals surface area contributed by atoms with Crippen LogP contribution in [0.15, 0.2) is 58.4 Å². The first kappa shape index (κ1) is 21.0. The number of rotatable bonds is 2. The number of benzene rings is 2. The number of carbonyl (C=O) groups excluding carboxylic acids is 2. The monoisotopic (exact) mass is 476 g/mol. The van der Waals surface area contributed by atoms with Crippen LogP contribution in [0.2, 0.25) is 0 Å². The summed E-state index contributed by atoms with van der Waals surface area (Å²) in [5, 5.41) is -0.319. The predicted octanol–water partition coefficient (Wildman–Crippen LogP) is 4.56. The minimum absolute atomic E-state index is 0.106. The van der Waals surface area contributed by atoms with Gasteiger partial charge in [0.2, 0.25) is 11.8 Å². The smallest absolute Gasteiger partial charge is 0.307 e. The van der Waals surface area contributed by atoms with Crippen molar-refractivity contribution >= 4 is 40.6 Å². The number of imide groups is 1. The molecule has 1 saturated heterocycles. The summed E-state index contributed by atoms with van der Waals surface area (Å²) in [6.07, 6.45) is -4.60. The van der Waals surface area contributed by atoms with Gasteiger partial charge in [0.15, 0.2) is 0 Å². The summed E-state index contributed by atoms with van der Waals surface area (Å²) in [4.78, 5) is 42.9. The van der Waals surface area contributed by atoms with Crippen LogP contribution < -0.4 is 9.77 Å². The van der Waals surface area contributed by atoms with Crippen LogP contribution in [0.1, 0.15) is 27.5 Å². The van der Waals surface area contributed by atoms with Gasteiger partial charge in [0.25, 0.3) is 0 Å². The van der Waals surface area contributed by atoms with Crippen LogP contribution in [-0.2, 0) is 15.8 Å². The fourth-order valence-electron chi connectivity index (χ4n) is 4.36. The summed E-state index contributed by atoms with van der Waals surface area (Å²) in [7, 11) is 0. The number of thiazole rings is 1. The van der Waals surface area contributed by atoms with Crippen molar-refractivity contribution in [2.45, 2.75) is 29.3 Å². The molecule has 2 aromatic carbocycles. The van der Waals surface area contributed by atoms with E-state index in [4.69, 9.17) is 0 Å². The summed E-state index contributed by atoms with van der Waals surface area (Å²) in [5.74, 6) is -2.53. The third kappa shape index (κ3) is 3.20. The molecule has 2 amide bonds. The zero-order valence-electron chi connectivity index (χ0n) is 16.5. The molecule has 0 spiro atoms. The van der Waals surface area contributed by atoms with E-state index >= 15 is 0 Å². The normalized spacial score (nSPS) is 22.8. The van der Waals surface area contributed by atoms with Gasteiger partial charge in [-0.2, -0.15) is 13.2 Å². The number of H-pyrrole nitrogens is 1. The summed E-state index contributed by atoms with van der Waals surface area (Å²) >= 11 is 2.09. The van der Waals surface area contributed by atoms with Crippen molar-refractivity contribution in [2.24, 2.45) is 5.92 Å². The molecule has 5 nitrogen and oxygen atoms in total. The number of aromatic amines is 1. The molecule has 10 heteroatoms. The third-order valence-electron chi connectivity index (χ3n) is 5.78. The van der Waals surface area contributed by atoms with E-state index < -0.39 is 40.6 Å². The molecule has 0 radical (unpaired) electrons. The van der Waals surface area contributed by atoms with Gasteiger partial charge in [-0.05, 0) is 36.2 Å². The number of thioether (sulfide) groups is 1. The first-order chi connectivity index (χ1) is 15.2. The second-order valence-corrected chi connectivity index (χ2v) is 9.83. The fourth-order valence-corrected chi connectivity index (χ4v) is 6.87. The van der Waals surface area contributed by atoms with E-state index in [9.17, 15) is 27.6 Å². The lowest BCUT2D eigenvalue weighted by atomic mass is 9.81. The Morgan fingerprint density at radius 1 is 1.00 bits per heavy atom. The molecule has 1 fully saturated rings. The molecule has 164 valence electrons.